The van der Waals surface area contributed by atoms with Crippen LogP contribution in [0.5, 0.6) is 0 Å². The summed E-state index contributed by atoms with van der Waals surface area (Å²) in [6, 6.07) is 7.49. The van der Waals surface area contributed by atoms with E-state index in [4.69, 9.17) is 4.74 Å². The molecule has 1 atom stereocenters. The summed E-state index contributed by atoms with van der Waals surface area (Å²) in [5.41, 5.74) is -0.0218. The first-order chi connectivity index (χ1) is 17.5. The number of ether oxygens (including phenoxy) is 1. The van der Waals surface area contributed by atoms with E-state index in [1.807, 2.05) is 6.07 Å². The summed E-state index contributed by atoms with van der Waals surface area (Å²) >= 11 is 0. The first kappa shape index (κ1) is 26.3. The molecule has 1 fully saturated rings. The Morgan fingerprint density at radius 3 is 2.57 bits per heavy atom. The Labute approximate surface area is 215 Å². The molecule has 0 spiro atoms. The molecule has 0 bridgehead atoms. The van der Waals surface area contributed by atoms with Crippen molar-refractivity contribution >= 4 is 22.8 Å². The van der Waals surface area contributed by atoms with E-state index >= 15 is 0 Å². The van der Waals surface area contributed by atoms with Crippen LogP contribution in [-0.4, -0.2) is 33.8 Å². The number of carbonyl (C=O) groups is 2. The number of pyridine rings is 2. The molecule has 196 valence electrons. The maximum absolute atomic E-state index is 14.1. The monoisotopic (exact) mass is 508 g/mol. The van der Waals surface area contributed by atoms with Gasteiger partial charge in [-0.25, -0.2) is 18.9 Å². The molecule has 2 aromatic heterocycles. The fourth-order valence-electron chi connectivity index (χ4n) is 4.75. The van der Waals surface area contributed by atoms with Crippen LogP contribution >= 0.6 is 0 Å². The lowest BCUT2D eigenvalue weighted by Gasteiger charge is -2.35. The lowest BCUT2D eigenvalue weighted by Crippen LogP contribution is -2.50. The van der Waals surface area contributed by atoms with E-state index in [9.17, 15) is 18.8 Å². The van der Waals surface area contributed by atoms with Gasteiger partial charge in [-0.2, -0.15) is 0 Å². The van der Waals surface area contributed by atoms with Crippen LogP contribution in [0.3, 0.4) is 0 Å². The van der Waals surface area contributed by atoms with Crippen LogP contribution in [0, 0.1) is 18.7 Å². The number of hydrogen-bond acceptors (Lipinski definition) is 5. The number of halogens is 1. The molecule has 2 heterocycles. The average Bonchev–Trinajstić information content (AvgIpc) is 2.79. The highest BCUT2D eigenvalue weighted by Gasteiger charge is 2.33. The van der Waals surface area contributed by atoms with E-state index in [0.29, 0.717) is 16.6 Å². The summed E-state index contributed by atoms with van der Waals surface area (Å²) in [6.07, 6.45) is 5.10. The van der Waals surface area contributed by atoms with Gasteiger partial charge < -0.3 is 10.1 Å². The fraction of sp³-hybridized carbons (Fsp3) is 0.429. The highest BCUT2D eigenvalue weighted by atomic mass is 19.1. The maximum Gasteiger partial charge on any atom is 0.429 e. The lowest BCUT2D eigenvalue weighted by molar-refractivity contribution is 0.0537. The average molecular weight is 509 g/mol. The molecule has 1 aliphatic rings. The molecule has 4 rings (SSSR count). The molecule has 1 N–H and O–H groups in total. The zero-order valence-corrected chi connectivity index (χ0v) is 21.9. The molecule has 0 aliphatic heterocycles. The summed E-state index contributed by atoms with van der Waals surface area (Å²) in [4.78, 5) is 44.5. The topological polar surface area (TPSA) is 93.5 Å². The fourth-order valence-corrected chi connectivity index (χ4v) is 4.75. The van der Waals surface area contributed by atoms with Crippen molar-refractivity contribution in [2.75, 3.05) is 11.6 Å². The summed E-state index contributed by atoms with van der Waals surface area (Å²) in [7, 11) is 0. The van der Waals surface area contributed by atoms with Crippen molar-refractivity contribution in [2.45, 2.75) is 65.5 Å². The summed E-state index contributed by atoms with van der Waals surface area (Å²) in [5, 5.41) is 4.92. The Balaban J connectivity index is 1.83. The first-order valence-electron chi connectivity index (χ1n) is 12.6. The molecule has 1 aromatic carbocycles. The van der Waals surface area contributed by atoms with Crippen LogP contribution in [0.4, 0.5) is 9.18 Å². The van der Waals surface area contributed by atoms with Crippen LogP contribution in [0.1, 0.15) is 74.6 Å². The molecule has 8 nitrogen and oxygen atoms in total. The number of carbonyl (C=O) groups excluding carboxylic acids is 2. The number of nitrogens with zero attached hydrogens (tertiary/aromatic N) is 3. The van der Waals surface area contributed by atoms with Crippen molar-refractivity contribution in [2.24, 2.45) is 5.92 Å². The Kier molecular flexibility index (Phi) is 7.34. The minimum Gasteiger partial charge on any atom is -0.442 e. The number of rotatable bonds is 6. The van der Waals surface area contributed by atoms with Crippen LogP contribution in [0.2, 0.25) is 0 Å². The standard InChI is InChI=1S/C28H33FN4O4/c1-6-32(27(36)37-28(3,4)5)33-17(2)23(21-13-14-30-16-22(21)26(33)35)25(34)31-24(18-9-7-10-18)19-11-8-12-20(29)15-19/h8,11-16,18,24H,6-7,9-10H2,1-5H3,(H,31,34). The normalized spacial score (nSPS) is 14.6. The van der Waals surface area contributed by atoms with Crippen molar-refractivity contribution in [3.8, 4) is 0 Å². The van der Waals surface area contributed by atoms with Crippen LogP contribution in [0.25, 0.3) is 10.8 Å². The molecular weight excluding hydrogens is 475 g/mol. The van der Waals surface area contributed by atoms with Crippen LogP contribution in [0.15, 0.2) is 47.5 Å². The van der Waals surface area contributed by atoms with E-state index in [1.165, 1.54) is 34.2 Å². The van der Waals surface area contributed by atoms with Gasteiger partial charge in [-0.05, 0) is 77.1 Å². The maximum atomic E-state index is 14.1. The smallest absolute Gasteiger partial charge is 0.429 e. The third-order valence-corrected chi connectivity index (χ3v) is 6.68. The molecule has 0 radical (unpaired) electrons. The Hall–Kier alpha value is -3.75. The van der Waals surface area contributed by atoms with Crippen molar-refractivity contribution in [1.82, 2.24) is 15.0 Å². The molecule has 3 aromatic rings. The molecule has 2 amide bonds. The number of aromatic nitrogens is 2. The van der Waals surface area contributed by atoms with E-state index < -0.39 is 23.2 Å². The summed E-state index contributed by atoms with van der Waals surface area (Å²) in [5.74, 6) is -0.601. The number of hydrogen-bond donors (Lipinski definition) is 1. The molecule has 1 aliphatic carbocycles. The predicted molar refractivity (Wildman–Crippen MR) is 140 cm³/mol. The summed E-state index contributed by atoms with van der Waals surface area (Å²) in [6.45, 7) is 8.71. The van der Waals surface area contributed by atoms with Gasteiger partial charge in [0.15, 0.2) is 0 Å². The van der Waals surface area contributed by atoms with E-state index in [1.54, 1.807) is 46.8 Å². The van der Waals surface area contributed by atoms with Gasteiger partial charge in [-0.1, -0.05) is 18.6 Å². The largest absolute Gasteiger partial charge is 0.442 e. The number of nitrogens with one attached hydrogen (secondary N) is 1. The molecule has 9 heteroatoms. The van der Waals surface area contributed by atoms with Gasteiger partial charge in [0, 0.05) is 24.3 Å². The molecule has 1 saturated carbocycles. The van der Waals surface area contributed by atoms with Crippen LogP contribution in [-0.2, 0) is 4.74 Å². The number of amides is 2. The van der Waals surface area contributed by atoms with Gasteiger partial charge in [0.05, 0.1) is 22.7 Å². The zero-order valence-electron chi connectivity index (χ0n) is 21.9. The Morgan fingerprint density at radius 1 is 1.24 bits per heavy atom. The molecule has 1 unspecified atom stereocenters. The third kappa shape index (κ3) is 5.35. The van der Waals surface area contributed by atoms with E-state index in [-0.39, 0.29) is 35.3 Å². The second kappa shape index (κ2) is 10.3. The SMILES string of the molecule is CCN(C(=O)OC(C)(C)C)n1c(C)c(C(=O)NC(c2cccc(F)c2)C2CCC2)c2ccncc2c1=O. The van der Waals surface area contributed by atoms with Gasteiger partial charge in [0.1, 0.15) is 11.4 Å². The quantitative estimate of drug-likeness (QED) is 0.505. The third-order valence-electron chi connectivity index (χ3n) is 6.68. The number of benzene rings is 1. The van der Waals surface area contributed by atoms with Crippen molar-refractivity contribution in [3.05, 3.63) is 75.7 Å². The van der Waals surface area contributed by atoms with Gasteiger partial charge in [-0.15, -0.1) is 0 Å². The second-order valence-corrected chi connectivity index (χ2v) is 10.4. The minimum atomic E-state index is -0.776. The van der Waals surface area contributed by atoms with Crippen LogP contribution < -0.4 is 15.9 Å². The first-order valence-corrected chi connectivity index (χ1v) is 12.6. The highest BCUT2D eigenvalue weighted by molar-refractivity contribution is 6.07. The second-order valence-electron chi connectivity index (χ2n) is 10.4. The van der Waals surface area contributed by atoms with Gasteiger partial charge in [0.2, 0.25) is 0 Å². The predicted octanol–water partition coefficient (Wildman–Crippen LogP) is 5.01. The van der Waals surface area contributed by atoms with E-state index in [2.05, 4.69) is 10.3 Å². The number of fused-ring (bicyclic) bond motifs is 1. The molecule has 37 heavy (non-hydrogen) atoms. The van der Waals surface area contributed by atoms with Crippen molar-refractivity contribution in [3.63, 3.8) is 0 Å². The highest BCUT2D eigenvalue weighted by Crippen LogP contribution is 2.38. The van der Waals surface area contributed by atoms with Crippen molar-refractivity contribution in [1.29, 1.82) is 0 Å². The Morgan fingerprint density at radius 2 is 1.97 bits per heavy atom. The molecule has 0 saturated heterocycles. The van der Waals surface area contributed by atoms with Crippen molar-refractivity contribution < 1.29 is 18.7 Å². The summed E-state index contributed by atoms with van der Waals surface area (Å²) < 4.78 is 20.8. The van der Waals surface area contributed by atoms with Gasteiger partial charge in [-0.3, -0.25) is 14.6 Å². The Bertz CT molecular complexity index is 1390. The van der Waals surface area contributed by atoms with E-state index in [0.717, 1.165) is 19.3 Å². The lowest BCUT2D eigenvalue weighted by atomic mass is 9.77. The minimum absolute atomic E-state index is 0.135. The molecular formula is C28H33FN4O4. The zero-order chi connectivity index (χ0) is 26.9. The van der Waals surface area contributed by atoms with Gasteiger partial charge in [0.25, 0.3) is 11.5 Å². The van der Waals surface area contributed by atoms with Gasteiger partial charge >= 0.3 is 6.09 Å².